The molecule has 2 rings (SSSR count). The second-order valence-corrected chi connectivity index (χ2v) is 4.46. The fourth-order valence-electron chi connectivity index (χ4n) is 2.19. The molecule has 4 nitrogen and oxygen atoms in total. The van der Waals surface area contributed by atoms with Crippen LogP contribution in [0.25, 0.3) is 0 Å². The fourth-order valence-corrected chi connectivity index (χ4v) is 2.19. The molecular formula is C12H16FN3O. The van der Waals surface area contributed by atoms with Crippen LogP contribution in [0.1, 0.15) is 25.5 Å². The number of rotatable bonds is 2. The van der Waals surface area contributed by atoms with Crippen LogP contribution < -0.4 is 5.73 Å². The van der Waals surface area contributed by atoms with Gasteiger partial charge in [-0.05, 0) is 31.5 Å². The monoisotopic (exact) mass is 237 g/mol. The van der Waals surface area contributed by atoms with E-state index in [2.05, 4.69) is 4.99 Å². The van der Waals surface area contributed by atoms with Crippen molar-refractivity contribution >= 4 is 5.96 Å². The van der Waals surface area contributed by atoms with Crippen molar-refractivity contribution in [3.05, 3.63) is 29.6 Å². The molecule has 0 saturated carbocycles. The van der Waals surface area contributed by atoms with Gasteiger partial charge in [0.15, 0.2) is 5.96 Å². The summed E-state index contributed by atoms with van der Waals surface area (Å²) in [4.78, 5) is 6.10. The maximum atomic E-state index is 13.3. The molecule has 0 fully saturated rings. The lowest BCUT2D eigenvalue weighted by atomic mass is 10.0. The molecule has 1 aromatic rings. The Morgan fingerprint density at radius 2 is 2.18 bits per heavy atom. The summed E-state index contributed by atoms with van der Waals surface area (Å²) in [6, 6.07) is 4.13. The molecule has 0 saturated heterocycles. The summed E-state index contributed by atoms with van der Waals surface area (Å²) >= 11 is 0. The van der Waals surface area contributed by atoms with Crippen molar-refractivity contribution in [1.29, 1.82) is 0 Å². The first-order valence-corrected chi connectivity index (χ1v) is 5.56. The first-order chi connectivity index (χ1) is 7.99. The smallest absolute Gasteiger partial charge is 0.192 e. The molecule has 0 bridgehead atoms. The van der Waals surface area contributed by atoms with Crippen molar-refractivity contribution in [2.75, 3.05) is 6.54 Å². The summed E-state index contributed by atoms with van der Waals surface area (Å²) in [5, 5.41) is 9.42. The predicted octanol–water partition coefficient (Wildman–Crippen LogP) is 1.61. The molecule has 17 heavy (non-hydrogen) atoms. The molecule has 92 valence electrons. The van der Waals surface area contributed by atoms with Crippen molar-refractivity contribution in [1.82, 2.24) is 4.90 Å². The number of nitrogens with zero attached hydrogens (tertiary/aromatic N) is 2. The van der Waals surface area contributed by atoms with E-state index in [0.717, 1.165) is 6.07 Å². The molecule has 3 N–H and O–H groups in total. The quantitative estimate of drug-likeness (QED) is 0.821. The maximum Gasteiger partial charge on any atom is 0.192 e. The third-order valence-corrected chi connectivity index (χ3v) is 2.87. The molecule has 1 aliphatic heterocycles. The van der Waals surface area contributed by atoms with Crippen LogP contribution >= 0.6 is 0 Å². The summed E-state index contributed by atoms with van der Waals surface area (Å²) < 4.78 is 13.3. The van der Waals surface area contributed by atoms with E-state index < -0.39 is 5.82 Å². The molecule has 5 heteroatoms. The summed E-state index contributed by atoms with van der Waals surface area (Å²) in [6.45, 7) is 4.49. The van der Waals surface area contributed by atoms with Crippen molar-refractivity contribution in [3.8, 4) is 5.75 Å². The van der Waals surface area contributed by atoms with Gasteiger partial charge in [-0.25, -0.2) is 4.39 Å². The third kappa shape index (κ3) is 2.18. The van der Waals surface area contributed by atoms with Gasteiger partial charge in [0.25, 0.3) is 0 Å². The Kier molecular flexibility index (Phi) is 2.92. The van der Waals surface area contributed by atoms with Crippen molar-refractivity contribution in [2.24, 2.45) is 10.7 Å². The zero-order valence-corrected chi connectivity index (χ0v) is 9.89. The molecule has 0 aromatic heterocycles. The highest BCUT2D eigenvalue weighted by molar-refractivity contribution is 5.80. The van der Waals surface area contributed by atoms with Crippen LogP contribution in [-0.4, -0.2) is 28.6 Å². The van der Waals surface area contributed by atoms with E-state index in [0.29, 0.717) is 18.1 Å². The van der Waals surface area contributed by atoms with Crippen LogP contribution in [0.3, 0.4) is 0 Å². The SMILES string of the molecule is CC(C)N1C(N)=NCC1c1cc(O)cc(F)c1. The van der Waals surface area contributed by atoms with Gasteiger partial charge < -0.3 is 15.7 Å². The number of aliphatic imine (C=N–C) groups is 1. The second-order valence-electron chi connectivity index (χ2n) is 4.46. The lowest BCUT2D eigenvalue weighted by Crippen LogP contribution is -2.40. The molecule has 0 radical (unpaired) electrons. The minimum atomic E-state index is -0.450. The summed E-state index contributed by atoms with van der Waals surface area (Å²) in [5.41, 5.74) is 6.50. The highest BCUT2D eigenvalue weighted by Crippen LogP contribution is 2.30. The maximum absolute atomic E-state index is 13.3. The number of benzene rings is 1. The molecule has 1 unspecified atom stereocenters. The molecule has 1 aliphatic rings. The van der Waals surface area contributed by atoms with Crippen molar-refractivity contribution < 1.29 is 9.50 Å². The van der Waals surface area contributed by atoms with Gasteiger partial charge in [-0.1, -0.05) is 0 Å². The molecule has 1 aromatic carbocycles. The van der Waals surface area contributed by atoms with E-state index in [-0.39, 0.29) is 17.8 Å². The van der Waals surface area contributed by atoms with E-state index >= 15 is 0 Å². The van der Waals surface area contributed by atoms with Gasteiger partial charge >= 0.3 is 0 Å². The van der Waals surface area contributed by atoms with Crippen LogP contribution in [0.5, 0.6) is 5.75 Å². The molecule has 0 aliphatic carbocycles. The average Bonchev–Trinajstić information content (AvgIpc) is 2.58. The number of halogens is 1. The van der Waals surface area contributed by atoms with Gasteiger partial charge in [-0.3, -0.25) is 4.99 Å². The van der Waals surface area contributed by atoms with Gasteiger partial charge in [0.05, 0.1) is 12.6 Å². The van der Waals surface area contributed by atoms with Crippen LogP contribution in [-0.2, 0) is 0 Å². The second kappa shape index (κ2) is 4.24. The lowest BCUT2D eigenvalue weighted by molar-refractivity contribution is 0.289. The standard InChI is InChI=1S/C12H16FN3O/c1-7(2)16-11(6-15-12(16)14)8-3-9(13)5-10(17)4-8/h3-5,7,11,17H,6H2,1-2H3,(H2,14,15). The van der Waals surface area contributed by atoms with Gasteiger partial charge in [0.2, 0.25) is 0 Å². The minimum Gasteiger partial charge on any atom is -0.508 e. The molecule has 1 heterocycles. The molecule has 0 spiro atoms. The van der Waals surface area contributed by atoms with Crippen molar-refractivity contribution in [3.63, 3.8) is 0 Å². The van der Waals surface area contributed by atoms with Crippen LogP contribution in [0.2, 0.25) is 0 Å². The fraction of sp³-hybridized carbons (Fsp3) is 0.417. The van der Waals surface area contributed by atoms with E-state index in [1.54, 1.807) is 6.07 Å². The largest absolute Gasteiger partial charge is 0.508 e. The number of hydrogen-bond acceptors (Lipinski definition) is 4. The van der Waals surface area contributed by atoms with E-state index in [4.69, 9.17) is 5.73 Å². The first-order valence-electron chi connectivity index (χ1n) is 5.56. The van der Waals surface area contributed by atoms with Gasteiger partial charge in [0.1, 0.15) is 11.6 Å². The van der Waals surface area contributed by atoms with Gasteiger partial charge in [-0.2, -0.15) is 0 Å². The summed E-state index contributed by atoms with van der Waals surface area (Å²) in [6.07, 6.45) is 0. The zero-order chi connectivity index (χ0) is 12.6. The number of phenolic OH excluding ortho intramolecular Hbond substituents is 1. The Labute approximate surface area is 99.6 Å². The topological polar surface area (TPSA) is 61.8 Å². The number of guanidine groups is 1. The van der Waals surface area contributed by atoms with Crippen molar-refractivity contribution in [2.45, 2.75) is 25.9 Å². The Bertz CT molecular complexity index is 439. The predicted molar refractivity (Wildman–Crippen MR) is 64.3 cm³/mol. The van der Waals surface area contributed by atoms with Gasteiger partial charge in [0, 0.05) is 12.1 Å². The van der Waals surface area contributed by atoms with E-state index in [9.17, 15) is 9.50 Å². The average molecular weight is 237 g/mol. The Morgan fingerprint density at radius 1 is 1.47 bits per heavy atom. The van der Waals surface area contributed by atoms with Crippen LogP contribution in [0.4, 0.5) is 4.39 Å². The Balaban J connectivity index is 2.34. The zero-order valence-electron chi connectivity index (χ0n) is 9.89. The number of nitrogens with two attached hydrogens (primary N) is 1. The Morgan fingerprint density at radius 3 is 2.76 bits per heavy atom. The number of aromatic hydroxyl groups is 1. The Hall–Kier alpha value is -1.78. The summed E-state index contributed by atoms with van der Waals surface area (Å²) in [5.74, 6) is -0.0582. The molecular weight excluding hydrogens is 221 g/mol. The number of hydrogen-bond donors (Lipinski definition) is 2. The van der Waals surface area contributed by atoms with E-state index in [1.807, 2.05) is 18.7 Å². The van der Waals surface area contributed by atoms with Crippen LogP contribution in [0, 0.1) is 5.82 Å². The normalized spacial score (nSPS) is 19.9. The first kappa shape index (κ1) is 11.7. The minimum absolute atomic E-state index is 0.0748. The third-order valence-electron chi connectivity index (χ3n) is 2.87. The van der Waals surface area contributed by atoms with Crippen LogP contribution in [0.15, 0.2) is 23.2 Å². The molecule has 1 atom stereocenters. The number of phenols is 1. The van der Waals surface area contributed by atoms with Gasteiger partial charge in [-0.15, -0.1) is 0 Å². The molecule has 0 amide bonds. The highest BCUT2D eigenvalue weighted by atomic mass is 19.1. The van der Waals surface area contributed by atoms with E-state index in [1.165, 1.54) is 6.07 Å². The summed E-state index contributed by atoms with van der Waals surface area (Å²) in [7, 11) is 0. The lowest BCUT2D eigenvalue weighted by Gasteiger charge is -2.30. The highest BCUT2D eigenvalue weighted by Gasteiger charge is 2.29.